The molecule has 1 N–H and O–H groups in total. The second-order valence-electron chi connectivity index (χ2n) is 12.7. The molecule has 3 nitrogen and oxygen atoms in total. The average Bonchev–Trinajstić information content (AvgIpc) is 3.35. The summed E-state index contributed by atoms with van der Waals surface area (Å²) in [7, 11) is 0. The number of hydrogen-bond donors (Lipinski definition) is 2. The summed E-state index contributed by atoms with van der Waals surface area (Å²) in [6.07, 6.45) is 18.0. The average molecular weight is 457 g/mol. The van der Waals surface area contributed by atoms with E-state index in [1.807, 2.05) is 12.5 Å². The molecule has 4 fully saturated rings. The zero-order valence-corrected chi connectivity index (χ0v) is 21.4. The van der Waals surface area contributed by atoms with Crippen LogP contribution in [0.25, 0.3) is 0 Å². The Morgan fingerprint density at radius 3 is 2.62 bits per heavy atom. The maximum atomic E-state index is 11.3. The number of nitrogens with zero attached hydrogens (tertiary/aromatic N) is 2. The van der Waals surface area contributed by atoms with E-state index in [1.165, 1.54) is 50.5 Å². The lowest BCUT2D eigenvalue weighted by Gasteiger charge is -2.62. The molecule has 0 spiro atoms. The first-order valence-corrected chi connectivity index (χ1v) is 13.7. The molecular formula is C28H44N2OS. The summed E-state index contributed by atoms with van der Waals surface area (Å²) in [5, 5.41) is 11.6. The van der Waals surface area contributed by atoms with Crippen molar-refractivity contribution in [3.8, 4) is 0 Å². The lowest BCUT2D eigenvalue weighted by atomic mass is 9.43. The lowest BCUT2D eigenvalue weighted by Crippen LogP contribution is -2.56. The maximum absolute atomic E-state index is 11.3. The molecule has 1 heterocycles. The van der Waals surface area contributed by atoms with E-state index in [4.69, 9.17) is 0 Å². The Hall–Kier alpha value is -0.740. The van der Waals surface area contributed by atoms with Crippen LogP contribution < -0.4 is 0 Å². The van der Waals surface area contributed by atoms with Gasteiger partial charge in [-0.3, -0.25) is 0 Å². The summed E-state index contributed by atoms with van der Waals surface area (Å²) in [5.74, 6) is 3.90. The molecular weight excluding hydrogens is 412 g/mol. The molecule has 4 unspecified atom stereocenters. The van der Waals surface area contributed by atoms with Gasteiger partial charge in [-0.2, -0.15) is 12.6 Å². The number of thiol groups is 1. The molecule has 9 atom stereocenters. The van der Waals surface area contributed by atoms with Crippen molar-refractivity contribution < 1.29 is 5.11 Å². The van der Waals surface area contributed by atoms with Crippen LogP contribution in [0, 0.1) is 40.4 Å². The number of fused-ring (bicyclic) bond motifs is 5. The third-order valence-corrected chi connectivity index (χ3v) is 11.1. The van der Waals surface area contributed by atoms with Gasteiger partial charge in [-0.1, -0.05) is 32.9 Å². The van der Waals surface area contributed by atoms with E-state index in [0.717, 1.165) is 43.6 Å². The molecule has 4 aliphatic rings. The first-order valence-electron chi connectivity index (χ1n) is 13.2. The molecule has 178 valence electrons. The highest BCUT2D eigenvalue weighted by Gasteiger charge is 2.61. The molecule has 32 heavy (non-hydrogen) atoms. The summed E-state index contributed by atoms with van der Waals surface area (Å²) in [6, 6.07) is 0. The normalized spacial score (nSPS) is 46.7. The van der Waals surface area contributed by atoms with Gasteiger partial charge in [0.15, 0.2) is 0 Å². The van der Waals surface area contributed by atoms with Gasteiger partial charge < -0.3 is 9.67 Å². The highest BCUT2D eigenvalue weighted by atomic mass is 32.1. The number of rotatable bonds is 5. The van der Waals surface area contributed by atoms with E-state index in [1.54, 1.807) is 0 Å². The third-order valence-electron chi connectivity index (χ3n) is 10.9. The minimum atomic E-state index is -0.481. The number of allylic oxidation sites excluding steroid dienone is 1. The van der Waals surface area contributed by atoms with Crippen LogP contribution in [-0.2, 0) is 6.54 Å². The van der Waals surface area contributed by atoms with Crippen LogP contribution in [0.5, 0.6) is 0 Å². The number of hydrogen-bond acceptors (Lipinski definition) is 3. The maximum Gasteiger partial charge on any atom is 0.0948 e. The van der Waals surface area contributed by atoms with Gasteiger partial charge in [0, 0.05) is 24.2 Å². The zero-order chi connectivity index (χ0) is 22.7. The topological polar surface area (TPSA) is 38.0 Å². The van der Waals surface area contributed by atoms with Crippen LogP contribution in [0.15, 0.2) is 30.9 Å². The molecule has 0 saturated heterocycles. The molecule has 4 heteroatoms. The second kappa shape index (κ2) is 8.18. The van der Waals surface area contributed by atoms with Crippen LogP contribution in [0.4, 0.5) is 0 Å². The van der Waals surface area contributed by atoms with E-state index in [-0.39, 0.29) is 5.25 Å². The molecule has 1 aromatic heterocycles. The lowest BCUT2D eigenvalue weighted by molar-refractivity contribution is -0.150. The van der Waals surface area contributed by atoms with Crippen molar-refractivity contribution in [1.82, 2.24) is 9.55 Å². The predicted octanol–water partition coefficient (Wildman–Crippen LogP) is 6.54. The largest absolute Gasteiger partial charge is 0.390 e. The van der Waals surface area contributed by atoms with Crippen LogP contribution >= 0.6 is 12.6 Å². The van der Waals surface area contributed by atoms with Crippen LogP contribution in [-0.4, -0.2) is 25.5 Å². The first-order chi connectivity index (χ1) is 15.1. The summed E-state index contributed by atoms with van der Waals surface area (Å²) < 4.78 is 2.19. The third kappa shape index (κ3) is 3.72. The van der Waals surface area contributed by atoms with Gasteiger partial charge in [0.1, 0.15) is 0 Å². The van der Waals surface area contributed by atoms with Crippen molar-refractivity contribution in [2.45, 2.75) is 102 Å². The van der Waals surface area contributed by atoms with Crippen molar-refractivity contribution in [1.29, 1.82) is 0 Å². The second-order valence-corrected chi connectivity index (χ2v) is 13.6. The minimum Gasteiger partial charge on any atom is -0.390 e. The summed E-state index contributed by atoms with van der Waals surface area (Å²) >= 11 is 4.61. The Morgan fingerprint density at radius 2 is 1.91 bits per heavy atom. The molecule has 0 amide bonds. The van der Waals surface area contributed by atoms with E-state index in [0.29, 0.717) is 22.7 Å². The van der Waals surface area contributed by atoms with Crippen LogP contribution in [0.1, 0.15) is 85.0 Å². The Bertz CT molecular complexity index is 836. The molecule has 0 aromatic carbocycles. The quantitative estimate of drug-likeness (QED) is 0.390. The first kappa shape index (κ1) is 23.0. The molecule has 4 saturated carbocycles. The highest BCUT2D eigenvalue weighted by Crippen LogP contribution is 2.68. The summed E-state index contributed by atoms with van der Waals surface area (Å²) in [6.45, 7) is 12.8. The predicted molar refractivity (Wildman–Crippen MR) is 135 cm³/mol. The zero-order valence-electron chi connectivity index (χ0n) is 20.5. The minimum absolute atomic E-state index is 0.280. The number of imidazole rings is 1. The Balaban J connectivity index is 1.32. The SMILES string of the molecule is C=C(Cn1ccnc1)[C@H]1CCC2C3CC[C@H]4C[C@@](O)(CC(C)S)CC[C@]4(C)C3CC[C@@]21C. The number of aliphatic hydroxyl groups is 1. The fraction of sp³-hybridized carbons (Fsp3) is 0.821. The summed E-state index contributed by atoms with van der Waals surface area (Å²) in [5.41, 5.74) is 1.77. The number of aromatic nitrogens is 2. The molecule has 0 radical (unpaired) electrons. The van der Waals surface area contributed by atoms with Crippen LogP contribution in [0.3, 0.4) is 0 Å². The van der Waals surface area contributed by atoms with Crippen molar-refractivity contribution in [3.63, 3.8) is 0 Å². The molecule has 0 bridgehead atoms. The van der Waals surface area contributed by atoms with Gasteiger partial charge in [-0.15, -0.1) is 0 Å². The van der Waals surface area contributed by atoms with E-state index in [9.17, 15) is 5.11 Å². The smallest absolute Gasteiger partial charge is 0.0948 e. The monoisotopic (exact) mass is 456 g/mol. The van der Waals surface area contributed by atoms with Crippen molar-refractivity contribution >= 4 is 12.6 Å². The molecule has 5 rings (SSSR count). The fourth-order valence-corrected chi connectivity index (χ4v) is 9.79. The van der Waals surface area contributed by atoms with E-state index >= 15 is 0 Å². The Labute approximate surface area is 200 Å². The van der Waals surface area contributed by atoms with Crippen molar-refractivity contribution in [3.05, 3.63) is 30.9 Å². The highest BCUT2D eigenvalue weighted by molar-refractivity contribution is 7.80. The van der Waals surface area contributed by atoms with Gasteiger partial charge in [0.05, 0.1) is 11.9 Å². The Morgan fingerprint density at radius 1 is 1.12 bits per heavy atom. The molecule has 1 aromatic rings. The van der Waals surface area contributed by atoms with Crippen molar-refractivity contribution in [2.24, 2.45) is 40.4 Å². The van der Waals surface area contributed by atoms with E-state index in [2.05, 4.69) is 55.7 Å². The van der Waals surface area contributed by atoms with Gasteiger partial charge >= 0.3 is 0 Å². The molecule has 0 aliphatic heterocycles. The molecule has 4 aliphatic carbocycles. The van der Waals surface area contributed by atoms with Gasteiger partial charge in [0.25, 0.3) is 0 Å². The van der Waals surface area contributed by atoms with E-state index < -0.39 is 5.60 Å². The standard InChI is InChI=1S/C28H44N2OS/c1-19(17-30-14-13-29-18-30)23-7-8-24-22-6-5-21-16-28(31,15-20(2)32)12-11-26(21,3)25(22)9-10-27(23,24)4/h13-14,18,20-25,31-32H,1,5-12,15-17H2,2-4H3/t20?,21-,22?,23+,24?,25?,26-,27+,28-/m0/s1. The Kier molecular flexibility index (Phi) is 5.89. The van der Waals surface area contributed by atoms with Gasteiger partial charge in [0.2, 0.25) is 0 Å². The van der Waals surface area contributed by atoms with Crippen molar-refractivity contribution in [2.75, 3.05) is 0 Å². The summed E-state index contributed by atoms with van der Waals surface area (Å²) in [4.78, 5) is 4.23. The van der Waals surface area contributed by atoms with Gasteiger partial charge in [-0.25, -0.2) is 4.98 Å². The fourth-order valence-electron chi connectivity index (χ4n) is 9.45. The van der Waals surface area contributed by atoms with Crippen LogP contribution in [0.2, 0.25) is 0 Å². The van der Waals surface area contributed by atoms with Gasteiger partial charge in [-0.05, 0) is 105 Å².